The lowest BCUT2D eigenvalue weighted by molar-refractivity contribution is -0.904. The number of alkyl halides is 1. The van der Waals surface area contributed by atoms with Crippen LogP contribution < -0.4 is 5.32 Å². The van der Waals surface area contributed by atoms with E-state index in [0.29, 0.717) is 25.3 Å². The highest BCUT2D eigenvalue weighted by molar-refractivity contribution is 6.18. The maximum absolute atomic E-state index is 11.5. The molecule has 31 heavy (non-hydrogen) atoms. The zero-order chi connectivity index (χ0) is 23.3. The molecule has 0 saturated heterocycles. The Balaban J connectivity index is 2.43. The summed E-state index contributed by atoms with van der Waals surface area (Å²) in [6.07, 6.45) is 5.33. The number of nitrogens with zero attached hydrogens (tertiary/aromatic N) is 2. The molecule has 1 N–H and O–H groups in total. The average Bonchev–Trinajstić information content (AvgIpc) is 2.70. The Hall–Kier alpha value is -1.69. The van der Waals surface area contributed by atoms with Crippen LogP contribution in [-0.4, -0.2) is 74.4 Å². The summed E-state index contributed by atoms with van der Waals surface area (Å²) in [5.41, 5.74) is 2.66. The fourth-order valence-electron chi connectivity index (χ4n) is 3.75. The molecule has 0 unspecified atom stereocenters. The topological polar surface area (TPSA) is 46.2 Å². The second kappa shape index (κ2) is 13.7. The largest absolute Gasteiger partial charge is 0.356 e. The third-order valence-corrected chi connectivity index (χ3v) is 5.68. The summed E-state index contributed by atoms with van der Waals surface area (Å²) >= 11 is 5.58. The summed E-state index contributed by atoms with van der Waals surface area (Å²) in [4.78, 5) is 22.8. The third kappa shape index (κ3) is 12.7. The van der Waals surface area contributed by atoms with Gasteiger partial charge in [0, 0.05) is 42.8 Å². The Morgan fingerprint density at radius 3 is 1.90 bits per heavy atom. The van der Waals surface area contributed by atoms with E-state index in [9.17, 15) is 9.59 Å². The summed E-state index contributed by atoms with van der Waals surface area (Å²) in [5.74, 6) is 0.539. The van der Waals surface area contributed by atoms with Crippen LogP contribution in [0.2, 0.25) is 0 Å². The molecule has 0 fully saturated rings. The minimum atomic E-state index is 0.0301. The number of rotatable bonds is 16. The molecule has 0 aliphatic carbocycles. The van der Waals surface area contributed by atoms with Crippen LogP contribution >= 0.6 is 11.6 Å². The van der Waals surface area contributed by atoms with Gasteiger partial charge in [-0.1, -0.05) is 30.8 Å². The lowest BCUT2D eigenvalue weighted by Crippen LogP contribution is -2.41. The van der Waals surface area contributed by atoms with Gasteiger partial charge in [0.1, 0.15) is 13.1 Å². The predicted octanol–water partition coefficient (Wildman–Crippen LogP) is 3.90. The van der Waals surface area contributed by atoms with Crippen molar-refractivity contribution in [3.05, 3.63) is 48.0 Å². The van der Waals surface area contributed by atoms with Crippen molar-refractivity contribution in [3.63, 3.8) is 0 Å². The summed E-state index contributed by atoms with van der Waals surface area (Å²) in [7, 11) is 8.95. The second-order valence-electron chi connectivity index (χ2n) is 9.72. The van der Waals surface area contributed by atoms with Gasteiger partial charge in [0.25, 0.3) is 0 Å². The van der Waals surface area contributed by atoms with E-state index in [2.05, 4.69) is 64.4 Å². The number of carbonyl (C=O) groups is 2. The molecule has 0 saturated carbocycles. The van der Waals surface area contributed by atoms with E-state index in [0.717, 1.165) is 54.4 Å². The van der Waals surface area contributed by atoms with Gasteiger partial charge in [-0.25, -0.2) is 0 Å². The first-order valence-electron chi connectivity index (χ1n) is 11.3. The first-order valence-corrected chi connectivity index (χ1v) is 11.8. The van der Waals surface area contributed by atoms with E-state index in [-0.39, 0.29) is 11.7 Å². The zero-order valence-electron chi connectivity index (χ0n) is 20.0. The Kier molecular flexibility index (Phi) is 12.1. The number of unbranched alkanes of at least 4 members (excludes halogenated alkanes) is 1. The van der Waals surface area contributed by atoms with Crippen LogP contribution in [0.4, 0.5) is 0 Å². The molecule has 6 heteroatoms. The molecule has 1 aromatic carbocycles. The van der Waals surface area contributed by atoms with Crippen LogP contribution in [0.3, 0.4) is 0 Å². The average molecular weight is 452 g/mol. The van der Waals surface area contributed by atoms with Gasteiger partial charge in [-0.05, 0) is 18.9 Å². The van der Waals surface area contributed by atoms with Gasteiger partial charge >= 0.3 is 0 Å². The molecule has 0 spiro atoms. The van der Waals surface area contributed by atoms with Gasteiger partial charge in [0.2, 0.25) is 5.91 Å². The number of ketones is 1. The van der Waals surface area contributed by atoms with Crippen molar-refractivity contribution in [2.75, 3.05) is 53.7 Å². The van der Waals surface area contributed by atoms with E-state index in [1.54, 1.807) is 0 Å². The second-order valence-corrected chi connectivity index (χ2v) is 10.1. The van der Waals surface area contributed by atoms with Crippen molar-refractivity contribution in [3.8, 4) is 0 Å². The highest BCUT2D eigenvalue weighted by Gasteiger charge is 2.18. The molecule has 0 radical (unpaired) electrons. The third-order valence-electron chi connectivity index (χ3n) is 5.49. The molecule has 1 aromatic rings. The zero-order valence-corrected chi connectivity index (χ0v) is 20.7. The molecule has 174 valence electrons. The maximum atomic E-state index is 11.5. The first-order chi connectivity index (χ1) is 14.6. The quantitative estimate of drug-likeness (QED) is 0.179. The monoisotopic (exact) mass is 451 g/mol. The lowest BCUT2D eigenvalue weighted by Gasteiger charge is -2.31. The molecule has 1 amide bonds. The van der Waals surface area contributed by atoms with Crippen LogP contribution in [0.15, 0.2) is 36.9 Å². The van der Waals surface area contributed by atoms with Crippen molar-refractivity contribution < 1.29 is 18.6 Å². The van der Waals surface area contributed by atoms with Gasteiger partial charge in [0.15, 0.2) is 5.78 Å². The summed E-state index contributed by atoms with van der Waals surface area (Å²) in [6, 6.07) is 8.95. The Labute approximate surface area is 194 Å². The van der Waals surface area contributed by atoms with E-state index in [4.69, 9.17) is 11.6 Å². The van der Waals surface area contributed by atoms with Crippen LogP contribution in [0.1, 0.15) is 43.2 Å². The summed E-state index contributed by atoms with van der Waals surface area (Å²) in [6.45, 7) is 8.23. The number of allylic oxidation sites excluding steroid dienone is 1. The number of benzene rings is 1. The first kappa shape index (κ1) is 27.3. The molecular weight excluding hydrogens is 410 g/mol. The fraction of sp³-hybridized carbons (Fsp3) is 0.600. The summed E-state index contributed by atoms with van der Waals surface area (Å²) < 4.78 is 1.80. The molecule has 0 aromatic heterocycles. The standard InChI is InChI=1S/C25H41ClN3O2/c1-6-24(30)10-7-8-18-28(2,3)20-22-11-13-23(14-12-22)21-29(4,5)19-9-17-27-25(31)15-16-26/h6,11-14H,1,7-10,15-21H2,2-5H3/q+1/p+1. The van der Waals surface area contributed by atoms with Crippen molar-refractivity contribution in [2.24, 2.45) is 0 Å². The number of carbonyl (C=O) groups excluding carboxylic acids is 2. The fourth-order valence-corrected chi connectivity index (χ4v) is 3.92. The smallest absolute Gasteiger partial charge is 0.221 e. The molecular formula is C25H42ClN3O2+2. The number of amides is 1. The highest BCUT2D eigenvalue weighted by atomic mass is 35.5. The van der Waals surface area contributed by atoms with Crippen LogP contribution in [0.5, 0.6) is 0 Å². The minimum absolute atomic E-state index is 0.0301. The molecule has 0 bridgehead atoms. The van der Waals surface area contributed by atoms with E-state index >= 15 is 0 Å². The molecule has 0 heterocycles. The maximum Gasteiger partial charge on any atom is 0.221 e. The molecule has 0 aliphatic rings. The predicted molar refractivity (Wildman–Crippen MR) is 130 cm³/mol. The number of nitrogens with one attached hydrogen (secondary N) is 1. The highest BCUT2D eigenvalue weighted by Crippen LogP contribution is 2.15. The number of quaternary nitrogens is 2. The Morgan fingerprint density at radius 1 is 0.903 bits per heavy atom. The minimum Gasteiger partial charge on any atom is -0.356 e. The number of hydrogen-bond donors (Lipinski definition) is 1. The van der Waals surface area contributed by atoms with Crippen molar-refractivity contribution >= 4 is 23.3 Å². The van der Waals surface area contributed by atoms with Gasteiger partial charge in [-0.2, -0.15) is 0 Å². The summed E-state index contributed by atoms with van der Waals surface area (Å²) in [5, 5.41) is 2.92. The van der Waals surface area contributed by atoms with Crippen LogP contribution in [-0.2, 0) is 22.7 Å². The molecule has 5 nitrogen and oxygen atoms in total. The van der Waals surface area contributed by atoms with Crippen molar-refractivity contribution in [1.29, 1.82) is 0 Å². The van der Waals surface area contributed by atoms with E-state index in [1.165, 1.54) is 17.2 Å². The normalized spacial score (nSPS) is 11.9. The molecule has 0 atom stereocenters. The lowest BCUT2D eigenvalue weighted by atomic mass is 10.1. The number of hydrogen-bond acceptors (Lipinski definition) is 2. The molecule has 0 aliphatic heterocycles. The van der Waals surface area contributed by atoms with Crippen molar-refractivity contribution in [1.82, 2.24) is 5.32 Å². The van der Waals surface area contributed by atoms with E-state index in [1.807, 2.05) is 0 Å². The SMILES string of the molecule is C=CC(=O)CCCC[N+](C)(C)Cc1ccc(C[N+](C)(C)CCCNC(=O)CCCl)cc1. The Morgan fingerprint density at radius 2 is 1.42 bits per heavy atom. The van der Waals surface area contributed by atoms with Crippen molar-refractivity contribution in [2.45, 2.75) is 45.2 Å². The van der Waals surface area contributed by atoms with Gasteiger partial charge in [0.05, 0.1) is 41.3 Å². The van der Waals surface area contributed by atoms with Gasteiger partial charge in [-0.15, -0.1) is 11.6 Å². The van der Waals surface area contributed by atoms with E-state index < -0.39 is 0 Å². The van der Waals surface area contributed by atoms with Gasteiger partial charge < -0.3 is 14.3 Å². The number of halogens is 1. The van der Waals surface area contributed by atoms with Crippen LogP contribution in [0, 0.1) is 0 Å². The Bertz CT molecular complexity index is 699. The molecule has 1 rings (SSSR count). The van der Waals surface area contributed by atoms with Gasteiger partial charge in [-0.3, -0.25) is 9.59 Å². The van der Waals surface area contributed by atoms with Crippen LogP contribution in [0.25, 0.3) is 0 Å².